The number of aromatic nitrogens is 1. The summed E-state index contributed by atoms with van der Waals surface area (Å²) in [6.07, 6.45) is 2.14. The average Bonchev–Trinajstić information content (AvgIpc) is 2.91. The normalized spacial score (nSPS) is 21.8. The quantitative estimate of drug-likeness (QED) is 0.859. The molecule has 2 heterocycles. The van der Waals surface area contributed by atoms with Crippen LogP contribution in [0.3, 0.4) is 0 Å². The lowest BCUT2D eigenvalue weighted by Crippen LogP contribution is -2.14. The van der Waals surface area contributed by atoms with Crippen LogP contribution in [0.4, 0.5) is 0 Å². The van der Waals surface area contributed by atoms with E-state index in [4.69, 9.17) is 4.74 Å². The highest BCUT2D eigenvalue weighted by molar-refractivity contribution is 5.84. The Balaban J connectivity index is 2.04. The molecule has 1 saturated heterocycles. The van der Waals surface area contributed by atoms with Gasteiger partial charge in [0.05, 0.1) is 12.3 Å². The summed E-state index contributed by atoms with van der Waals surface area (Å²) in [5.74, 6) is 0.174. The van der Waals surface area contributed by atoms with Gasteiger partial charge in [-0.05, 0) is 17.9 Å². The van der Waals surface area contributed by atoms with Gasteiger partial charge in [-0.25, -0.2) is 0 Å². The molecule has 17 heavy (non-hydrogen) atoms. The Labute approximate surface area is 100 Å². The first-order chi connectivity index (χ1) is 8.36. The lowest BCUT2D eigenvalue weighted by Gasteiger charge is -2.17. The third-order valence-corrected chi connectivity index (χ3v) is 3.40. The van der Waals surface area contributed by atoms with E-state index in [1.54, 1.807) is 6.20 Å². The molecule has 1 aliphatic rings. The van der Waals surface area contributed by atoms with Gasteiger partial charge in [-0.15, -0.1) is 0 Å². The van der Waals surface area contributed by atoms with Gasteiger partial charge >= 0.3 is 0 Å². The number of benzene rings is 1. The van der Waals surface area contributed by atoms with Gasteiger partial charge in [0, 0.05) is 24.1 Å². The largest absolute Gasteiger partial charge is 0.386 e. The molecular weight excluding hydrogens is 214 g/mol. The van der Waals surface area contributed by atoms with Crippen molar-refractivity contribution in [2.24, 2.45) is 5.92 Å². The molecule has 2 unspecified atom stereocenters. The van der Waals surface area contributed by atoms with Crippen LogP contribution in [0.2, 0.25) is 0 Å². The van der Waals surface area contributed by atoms with E-state index in [1.165, 1.54) is 0 Å². The fourth-order valence-corrected chi connectivity index (χ4v) is 2.40. The van der Waals surface area contributed by atoms with Crippen LogP contribution < -0.4 is 0 Å². The van der Waals surface area contributed by atoms with Gasteiger partial charge in [0.15, 0.2) is 0 Å². The van der Waals surface area contributed by atoms with Crippen LogP contribution in [-0.2, 0) is 4.74 Å². The summed E-state index contributed by atoms with van der Waals surface area (Å²) in [5.41, 5.74) is 0.776. The van der Waals surface area contributed by atoms with Crippen molar-refractivity contribution in [2.45, 2.75) is 12.5 Å². The molecule has 2 aromatic rings. The smallest absolute Gasteiger partial charge is 0.102 e. The third kappa shape index (κ3) is 1.92. The molecule has 0 radical (unpaired) electrons. The van der Waals surface area contributed by atoms with Crippen LogP contribution in [0.25, 0.3) is 10.8 Å². The molecule has 3 nitrogen and oxygen atoms in total. The maximum absolute atomic E-state index is 10.4. The Morgan fingerprint density at radius 1 is 1.29 bits per heavy atom. The van der Waals surface area contributed by atoms with E-state index < -0.39 is 6.10 Å². The Kier molecular flexibility index (Phi) is 2.79. The second-order valence-electron chi connectivity index (χ2n) is 4.49. The van der Waals surface area contributed by atoms with Gasteiger partial charge in [-0.1, -0.05) is 24.3 Å². The zero-order chi connectivity index (χ0) is 11.7. The van der Waals surface area contributed by atoms with Gasteiger partial charge in [0.2, 0.25) is 0 Å². The van der Waals surface area contributed by atoms with Gasteiger partial charge in [0.25, 0.3) is 0 Å². The summed E-state index contributed by atoms with van der Waals surface area (Å²) in [6, 6.07) is 9.99. The molecule has 0 bridgehead atoms. The number of ether oxygens (including phenoxy) is 1. The Hall–Kier alpha value is -1.45. The standard InChI is InChI=1S/C14H15NO2/c16-14(11-6-8-17-9-11)13-12-4-2-1-3-10(12)5-7-15-13/h1-5,7,11,14,16H,6,8-9H2. The number of rotatable bonds is 2. The van der Waals surface area contributed by atoms with Crippen LogP contribution in [0.5, 0.6) is 0 Å². The number of hydrogen-bond acceptors (Lipinski definition) is 3. The number of aliphatic hydroxyl groups excluding tert-OH is 1. The molecule has 1 aromatic carbocycles. The molecular formula is C14H15NO2. The van der Waals surface area contributed by atoms with Crippen molar-refractivity contribution in [1.82, 2.24) is 4.98 Å². The molecule has 88 valence electrons. The van der Waals surface area contributed by atoms with E-state index in [0.717, 1.165) is 29.5 Å². The minimum Gasteiger partial charge on any atom is -0.386 e. The Morgan fingerprint density at radius 2 is 2.18 bits per heavy atom. The molecule has 1 fully saturated rings. The SMILES string of the molecule is OC(c1nccc2ccccc12)C1CCOC1. The van der Waals surface area contributed by atoms with Gasteiger partial charge in [-0.3, -0.25) is 4.98 Å². The predicted octanol–water partition coefficient (Wildman–Crippen LogP) is 2.30. The molecule has 0 amide bonds. The highest BCUT2D eigenvalue weighted by Gasteiger charge is 2.27. The van der Waals surface area contributed by atoms with E-state index in [1.807, 2.05) is 30.3 Å². The molecule has 1 aliphatic heterocycles. The molecule has 0 aliphatic carbocycles. The number of pyridine rings is 1. The van der Waals surface area contributed by atoms with Gasteiger partial charge in [-0.2, -0.15) is 0 Å². The summed E-state index contributed by atoms with van der Waals surface area (Å²) >= 11 is 0. The number of nitrogens with zero attached hydrogens (tertiary/aromatic N) is 1. The minimum atomic E-state index is -0.524. The highest BCUT2D eigenvalue weighted by atomic mass is 16.5. The lowest BCUT2D eigenvalue weighted by molar-refractivity contribution is 0.0897. The Morgan fingerprint density at radius 3 is 3.00 bits per heavy atom. The summed E-state index contributed by atoms with van der Waals surface area (Å²) in [5, 5.41) is 12.5. The molecule has 0 saturated carbocycles. The number of aliphatic hydroxyl groups is 1. The van der Waals surface area contributed by atoms with E-state index in [2.05, 4.69) is 4.98 Å². The summed E-state index contributed by atoms with van der Waals surface area (Å²) < 4.78 is 5.32. The van der Waals surface area contributed by atoms with Crippen LogP contribution in [0.1, 0.15) is 18.2 Å². The van der Waals surface area contributed by atoms with Crippen LogP contribution in [0, 0.1) is 5.92 Å². The van der Waals surface area contributed by atoms with Crippen molar-refractivity contribution in [3.8, 4) is 0 Å². The van der Waals surface area contributed by atoms with Crippen LogP contribution in [0.15, 0.2) is 36.5 Å². The van der Waals surface area contributed by atoms with Crippen molar-refractivity contribution in [1.29, 1.82) is 0 Å². The van der Waals surface area contributed by atoms with Crippen LogP contribution >= 0.6 is 0 Å². The first kappa shape index (κ1) is 10.7. The molecule has 3 rings (SSSR count). The van der Waals surface area contributed by atoms with E-state index in [9.17, 15) is 5.11 Å². The minimum absolute atomic E-state index is 0.174. The molecule has 3 heteroatoms. The average molecular weight is 229 g/mol. The topological polar surface area (TPSA) is 42.4 Å². The monoisotopic (exact) mass is 229 g/mol. The van der Waals surface area contributed by atoms with Crippen molar-refractivity contribution in [3.63, 3.8) is 0 Å². The highest BCUT2D eigenvalue weighted by Crippen LogP contribution is 2.31. The van der Waals surface area contributed by atoms with Gasteiger partial charge in [0.1, 0.15) is 6.10 Å². The second-order valence-corrected chi connectivity index (χ2v) is 4.49. The van der Waals surface area contributed by atoms with Crippen LogP contribution in [-0.4, -0.2) is 23.3 Å². The first-order valence-corrected chi connectivity index (χ1v) is 5.96. The predicted molar refractivity (Wildman–Crippen MR) is 65.6 cm³/mol. The maximum atomic E-state index is 10.4. The van der Waals surface area contributed by atoms with Crippen molar-refractivity contribution in [3.05, 3.63) is 42.2 Å². The summed E-state index contributed by atoms with van der Waals surface area (Å²) in [7, 11) is 0. The zero-order valence-corrected chi connectivity index (χ0v) is 9.54. The van der Waals surface area contributed by atoms with Crippen molar-refractivity contribution in [2.75, 3.05) is 13.2 Å². The fraction of sp³-hybridized carbons (Fsp3) is 0.357. The summed E-state index contributed by atoms with van der Waals surface area (Å²) in [4.78, 5) is 4.35. The number of hydrogen-bond donors (Lipinski definition) is 1. The van der Waals surface area contributed by atoms with E-state index in [0.29, 0.717) is 6.61 Å². The lowest BCUT2D eigenvalue weighted by atomic mass is 9.95. The van der Waals surface area contributed by atoms with Crippen molar-refractivity contribution >= 4 is 10.8 Å². The molecule has 2 atom stereocenters. The third-order valence-electron chi connectivity index (χ3n) is 3.40. The van der Waals surface area contributed by atoms with Crippen molar-refractivity contribution < 1.29 is 9.84 Å². The first-order valence-electron chi connectivity index (χ1n) is 5.96. The van der Waals surface area contributed by atoms with Gasteiger partial charge < -0.3 is 9.84 Å². The fourth-order valence-electron chi connectivity index (χ4n) is 2.40. The number of fused-ring (bicyclic) bond motifs is 1. The summed E-state index contributed by atoms with van der Waals surface area (Å²) in [6.45, 7) is 1.37. The Bertz CT molecular complexity index is 515. The molecule has 1 N–H and O–H groups in total. The molecule has 0 spiro atoms. The van der Waals surface area contributed by atoms with E-state index in [-0.39, 0.29) is 5.92 Å². The second kappa shape index (κ2) is 4.43. The zero-order valence-electron chi connectivity index (χ0n) is 9.54. The molecule has 1 aromatic heterocycles. The van der Waals surface area contributed by atoms with E-state index >= 15 is 0 Å². The maximum Gasteiger partial charge on any atom is 0.102 e.